The van der Waals surface area contributed by atoms with Crippen LogP contribution in [-0.2, 0) is 16.9 Å². The first-order valence-corrected chi connectivity index (χ1v) is 11.6. The third-order valence-corrected chi connectivity index (χ3v) is 6.93. The van der Waals surface area contributed by atoms with Crippen molar-refractivity contribution in [2.24, 2.45) is 0 Å². The van der Waals surface area contributed by atoms with Crippen LogP contribution in [0.15, 0.2) is 89.4 Å². The second kappa shape index (κ2) is 8.41. The number of anilines is 1. The number of hydrogen-bond acceptors (Lipinski definition) is 3. The van der Waals surface area contributed by atoms with Crippen LogP contribution in [0.25, 0.3) is 10.8 Å². The summed E-state index contributed by atoms with van der Waals surface area (Å²) in [5.74, 6) is -0.841. The highest BCUT2D eigenvalue weighted by Gasteiger charge is 2.51. The molecule has 1 atom stereocenters. The molecule has 0 aliphatic carbocycles. The first-order valence-electron chi connectivity index (χ1n) is 10.5. The molecule has 0 saturated carbocycles. The SMILES string of the molecule is O=C(C[C@@]1(O)C(=O)N(Cc2ccccc2Cl)c2ccc(Br)cc21)c1ccc2ccccc2c1. The van der Waals surface area contributed by atoms with Crippen molar-refractivity contribution in [3.63, 3.8) is 0 Å². The van der Waals surface area contributed by atoms with Crippen molar-refractivity contribution in [1.82, 2.24) is 0 Å². The van der Waals surface area contributed by atoms with Gasteiger partial charge in [0.1, 0.15) is 0 Å². The maximum Gasteiger partial charge on any atom is 0.264 e. The summed E-state index contributed by atoms with van der Waals surface area (Å²) in [7, 11) is 0. The minimum atomic E-state index is -1.97. The van der Waals surface area contributed by atoms with E-state index in [1.165, 1.54) is 4.90 Å². The van der Waals surface area contributed by atoms with Crippen LogP contribution in [-0.4, -0.2) is 16.8 Å². The van der Waals surface area contributed by atoms with E-state index in [2.05, 4.69) is 15.9 Å². The van der Waals surface area contributed by atoms with Crippen LogP contribution in [0.5, 0.6) is 0 Å². The molecule has 1 heterocycles. The number of nitrogens with zero attached hydrogens (tertiary/aromatic N) is 1. The van der Waals surface area contributed by atoms with Gasteiger partial charge in [0.25, 0.3) is 5.91 Å². The molecule has 1 N–H and O–H groups in total. The Bertz CT molecular complexity index is 1420. The number of carbonyl (C=O) groups is 2. The lowest BCUT2D eigenvalue weighted by Gasteiger charge is -2.23. The van der Waals surface area contributed by atoms with Gasteiger partial charge in [-0.05, 0) is 46.7 Å². The monoisotopic (exact) mass is 519 g/mol. The number of carbonyl (C=O) groups excluding carboxylic acids is 2. The second-order valence-corrected chi connectivity index (χ2v) is 9.49. The second-order valence-electron chi connectivity index (χ2n) is 8.17. The number of fused-ring (bicyclic) bond motifs is 2. The number of aliphatic hydroxyl groups is 1. The fourth-order valence-corrected chi connectivity index (χ4v) is 4.90. The van der Waals surface area contributed by atoms with Gasteiger partial charge < -0.3 is 10.0 Å². The van der Waals surface area contributed by atoms with Crippen molar-refractivity contribution >= 4 is 55.7 Å². The number of Topliss-reactive ketones (excluding diaryl/α,β-unsaturated/α-hetero) is 1. The van der Waals surface area contributed by atoms with Gasteiger partial charge in [0, 0.05) is 20.6 Å². The summed E-state index contributed by atoms with van der Waals surface area (Å²) in [5.41, 5.74) is 0.214. The maximum atomic E-state index is 13.6. The van der Waals surface area contributed by atoms with E-state index in [1.54, 1.807) is 30.3 Å². The van der Waals surface area contributed by atoms with Crippen molar-refractivity contribution < 1.29 is 14.7 Å². The van der Waals surface area contributed by atoms with E-state index in [-0.39, 0.29) is 18.7 Å². The Balaban J connectivity index is 1.52. The van der Waals surface area contributed by atoms with E-state index in [1.807, 2.05) is 54.6 Å². The van der Waals surface area contributed by atoms with Gasteiger partial charge in [-0.25, -0.2) is 0 Å². The molecule has 33 heavy (non-hydrogen) atoms. The molecular formula is C27H19BrClNO3. The van der Waals surface area contributed by atoms with E-state index in [9.17, 15) is 14.7 Å². The van der Waals surface area contributed by atoms with Gasteiger partial charge >= 0.3 is 0 Å². The van der Waals surface area contributed by atoms with Gasteiger partial charge in [0.15, 0.2) is 11.4 Å². The van der Waals surface area contributed by atoms with Gasteiger partial charge in [-0.3, -0.25) is 9.59 Å². The van der Waals surface area contributed by atoms with E-state index in [0.29, 0.717) is 26.3 Å². The number of amides is 1. The molecule has 1 amide bonds. The van der Waals surface area contributed by atoms with Crippen LogP contribution in [0.3, 0.4) is 0 Å². The maximum absolute atomic E-state index is 13.6. The van der Waals surface area contributed by atoms with E-state index < -0.39 is 11.5 Å². The summed E-state index contributed by atoms with van der Waals surface area (Å²) in [6, 6.07) is 25.7. The molecule has 0 aromatic heterocycles. The van der Waals surface area contributed by atoms with Crippen LogP contribution in [0.1, 0.15) is 27.9 Å². The standard InChI is InChI=1S/C27H19BrClNO3/c28-21-11-12-24-22(14-21)27(33,26(32)30(24)16-20-7-3-4-8-23(20)29)15-25(31)19-10-9-17-5-1-2-6-18(17)13-19/h1-14,33H,15-16H2/t27-/m0/s1. The summed E-state index contributed by atoms with van der Waals surface area (Å²) in [4.78, 5) is 28.3. The van der Waals surface area contributed by atoms with Crippen molar-refractivity contribution in [1.29, 1.82) is 0 Å². The topological polar surface area (TPSA) is 57.6 Å². The van der Waals surface area contributed by atoms with Gasteiger partial charge in [-0.2, -0.15) is 0 Å². The highest BCUT2D eigenvalue weighted by Crippen LogP contribution is 2.45. The van der Waals surface area contributed by atoms with Crippen LogP contribution in [0, 0.1) is 0 Å². The Morgan fingerprint density at radius 3 is 2.45 bits per heavy atom. The van der Waals surface area contributed by atoms with Gasteiger partial charge in [-0.1, -0.05) is 82.1 Å². The lowest BCUT2D eigenvalue weighted by Crippen LogP contribution is -2.41. The fourth-order valence-electron chi connectivity index (χ4n) is 4.34. The Hall–Kier alpha value is -2.99. The predicted molar refractivity (Wildman–Crippen MR) is 134 cm³/mol. The number of halogens is 2. The van der Waals surface area contributed by atoms with Crippen LogP contribution in [0.2, 0.25) is 5.02 Å². The zero-order valence-electron chi connectivity index (χ0n) is 17.5. The minimum absolute atomic E-state index is 0.194. The molecule has 164 valence electrons. The average molecular weight is 521 g/mol. The summed E-state index contributed by atoms with van der Waals surface area (Å²) in [5, 5.41) is 14.1. The molecule has 5 rings (SSSR count). The average Bonchev–Trinajstić information content (AvgIpc) is 3.01. The molecule has 0 spiro atoms. The summed E-state index contributed by atoms with van der Waals surface area (Å²) in [6.45, 7) is 0.194. The van der Waals surface area contributed by atoms with E-state index >= 15 is 0 Å². The highest BCUT2D eigenvalue weighted by molar-refractivity contribution is 9.10. The van der Waals surface area contributed by atoms with Crippen molar-refractivity contribution in [3.8, 4) is 0 Å². The number of benzene rings is 4. The van der Waals surface area contributed by atoms with Crippen molar-refractivity contribution in [3.05, 3.63) is 111 Å². The van der Waals surface area contributed by atoms with Crippen LogP contribution in [0.4, 0.5) is 5.69 Å². The van der Waals surface area contributed by atoms with Crippen LogP contribution < -0.4 is 4.90 Å². The van der Waals surface area contributed by atoms with Gasteiger partial charge in [0.05, 0.1) is 18.7 Å². The summed E-state index contributed by atoms with van der Waals surface area (Å²) >= 11 is 9.75. The molecular weight excluding hydrogens is 502 g/mol. The van der Waals surface area contributed by atoms with Crippen molar-refractivity contribution in [2.45, 2.75) is 18.6 Å². The molecule has 0 saturated heterocycles. The zero-order valence-corrected chi connectivity index (χ0v) is 19.8. The molecule has 0 radical (unpaired) electrons. The lowest BCUT2D eigenvalue weighted by molar-refractivity contribution is -0.136. The summed E-state index contributed by atoms with van der Waals surface area (Å²) in [6.07, 6.45) is -0.355. The Morgan fingerprint density at radius 2 is 1.67 bits per heavy atom. The van der Waals surface area contributed by atoms with Gasteiger partial charge in [0.2, 0.25) is 0 Å². The third kappa shape index (κ3) is 3.86. The Kier molecular flexibility index (Phi) is 5.57. The Morgan fingerprint density at radius 1 is 0.939 bits per heavy atom. The molecule has 0 fully saturated rings. The zero-order chi connectivity index (χ0) is 23.2. The largest absolute Gasteiger partial charge is 0.375 e. The van der Waals surface area contributed by atoms with Gasteiger partial charge in [-0.15, -0.1) is 0 Å². The highest BCUT2D eigenvalue weighted by atomic mass is 79.9. The molecule has 1 aliphatic rings. The molecule has 4 aromatic rings. The molecule has 0 unspecified atom stereocenters. The normalized spacial score (nSPS) is 17.4. The van der Waals surface area contributed by atoms with Crippen LogP contribution >= 0.6 is 27.5 Å². The smallest absolute Gasteiger partial charge is 0.264 e. The minimum Gasteiger partial charge on any atom is -0.375 e. The first kappa shape index (κ1) is 21.8. The number of ketones is 1. The lowest BCUT2D eigenvalue weighted by atomic mass is 9.87. The summed E-state index contributed by atoms with van der Waals surface area (Å²) < 4.78 is 0.713. The van der Waals surface area contributed by atoms with Crippen molar-refractivity contribution in [2.75, 3.05) is 4.90 Å². The Labute approximate surface area is 204 Å². The molecule has 1 aliphatic heterocycles. The molecule has 4 aromatic carbocycles. The van der Waals surface area contributed by atoms with E-state index in [0.717, 1.165) is 16.3 Å². The number of hydrogen-bond donors (Lipinski definition) is 1. The van der Waals surface area contributed by atoms with E-state index in [4.69, 9.17) is 11.6 Å². The quantitative estimate of drug-likeness (QED) is 0.316. The first-order chi connectivity index (χ1) is 15.9. The fraction of sp³-hybridized carbons (Fsp3) is 0.111. The number of rotatable bonds is 5. The molecule has 6 heteroatoms. The molecule has 4 nitrogen and oxygen atoms in total. The predicted octanol–water partition coefficient (Wildman–Crippen LogP) is 6.26. The third-order valence-electron chi connectivity index (χ3n) is 6.07. The molecule has 0 bridgehead atoms.